The number of nitrogens with one attached hydrogen (secondary N) is 1. The third-order valence-electron chi connectivity index (χ3n) is 7.42. The SMILES string of the molecule is N#Cc1cncc(COc2cc(O[C@H]3CCc4c(-c5ccccc5CO)cccc43)c(Cl)cc2CNC(CO)C(=O)O)c1. The number of fused-ring (bicyclic) bond motifs is 1. The smallest absolute Gasteiger partial charge is 0.323 e. The molecular formula is C33H30ClN3O6. The Hall–Kier alpha value is -4.46. The predicted octanol–water partition coefficient (Wildman–Crippen LogP) is 4.95. The van der Waals surface area contributed by atoms with E-state index < -0.39 is 18.6 Å². The lowest BCUT2D eigenvalue weighted by atomic mass is 9.93. The molecule has 0 radical (unpaired) electrons. The summed E-state index contributed by atoms with van der Waals surface area (Å²) in [6.45, 7) is -0.483. The summed E-state index contributed by atoms with van der Waals surface area (Å²) in [5.74, 6) is -0.378. The predicted molar refractivity (Wildman–Crippen MR) is 160 cm³/mol. The molecule has 5 rings (SSSR count). The third-order valence-corrected chi connectivity index (χ3v) is 7.71. The van der Waals surface area contributed by atoms with E-state index in [4.69, 9.17) is 21.1 Å². The standard InChI is InChI=1S/C33H30ClN3O6/c34-28-11-23(16-37-29(18-39)33(40)41)31(42-19-21-10-20(13-35)14-36-15-21)12-32(28)43-30-9-8-26-25(6-3-7-27(26)30)24-5-2-1-4-22(24)17-38/h1-7,10-12,14-15,29-30,37-39H,8-9,16-19H2,(H,40,41)/t29?,30-/m0/s1. The zero-order chi connectivity index (χ0) is 30.3. The van der Waals surface area contributed by atoms with Gasteiger partial charge < -0.3 is 24.8 Å². The van der Waals surface area contributed by atoms with Gasteiger partial charge in [0, 0.05) is 36.1 Å². The molecule has 1 heterocycles. The van der Waals surface area contributed by atoms with Gasteiger partial charge in [-0.15, -0.1) is 0 Å². The van der Waals surface area contributed by atoms with E-state index in [2.05, 4.69) is 22.4 Å². The molecular weight excluding hydrogens is 570 g/mol. The zero-order valence-corrected chi connectivity index (χ0v) is 23.9. The Kier molecular flexibility index (Phi) is 9.55. The molecule has 1 aromatic heterocycles. The normalized spacial score (nSPS) is 14.5. The first-order chi connectivity index (χ1) is 20.9. The Morgan fingerprint density at radius 2 is 1.88 bits per heavy atom. The van der Waals surface area contributed by atoms with Crippen LogP contribution in [0.2, 0.25) is 5.02 Å². The zero-order valence-electron chi connectivity index (χ0n) is 23.2. The van der Waals surface area contributed by atoms with E-state index in [9.17, 15) is 25.4 Å². The molecule has 10 heteroatoms. The Morgan fingerprint density at radius 1 is 1.07 bits per heavy atom. The average molecular weight is 600 g/mol. The lowest BCUT2D eigenvalue weighted by Gasteiger charge is -2.20. The van der Waals surface area contributed by atoms with Crippen molar-refractivity contribution in [3.8, 4) is 28.7 Å². The number of carbonyl (C=O) groups is 1. The molecule has 220 valence electrons. The second-order valence-electron chi connectivity index (χ2n) is 10.2. The topological polar surface area (TPSA) is 145 Å². The van der Waals surface area contributed by atoms with Crippen molar-refractivity contribution in [2.75, 3.05) is 6.61 Å². The highest BCUT2D eigenvalue weighted by Crippen LogP contribution is 2.43. The molecule has 2 atom stereocenters. The van der Waals surface area contributed by atoms with Gasteiger partial charge in [-0.3, -0.25) is 15.1 Å². The number of halogens is 1. The van der Waals surface area contributed by atoms with Crippen molar-refractivity contribution in [1.29, 1.82) is 5.26 Å². The minimum absolute atomic E-state index is 0.0538. The minimum Gasteiger partial charge on any atom is -0.488 e. The van der Waals surface area contributed by atoms with Gasteiger partial charge in [-0.2, -0.15) is 5.26 Å². The van der Waals surface area contributed by atoms with Crippen LogP contribution >= 0.6 is 11.6 Å². The molecule has 0 amide bonds. The lowest BCUT2D eigenvalue weighted by molar-refractivity contribution is -0.140. The first kappa shape index (κ1) is 30.0. The highest BCUT2D eigenvalue weighted by atomic mass is 35.5. The van der Waals surface area contributed by atoms with E-state index in [0.29, 0.717) is 33.2 Å². The molecule has 3 aromatic carbocycles. The first-order valence-corrected chi connectivity index (χ1v) is 14.1. The van der Waals surface area contributed by atoms with Crippen LogP contribution in [-0.4, -0.2) is 38.9 Å². The maximum atomic E-state index is 11.4. The van der Waals surface area contributed by atoms with Crippen molar-refractivity contribution >= 4 is 17.6 Å². The molecule has 9 nitrogen and oxygen atoms in total. The van der Waals surface area contributed by atoms with Crippen LogP contribution in [0.15, 0.2) is 73.1 Å². The number of benzene rings is 3. The van der Waals surface area contributed by atoms with Crippen LogP contribution in [0.4, 0.5) is 0 Å². The first-order valence-electron chi connectivity index (χ1n) is 13.8. The summed E-state index contributed by atoms with van der Waals surface area (Å²) < 4.78 is 12.6. The van der Waals surface area contributed by atoms with E-state index in [-0.39, 0.29) is 25.9 Å². The van der Waals surface area contributed by atoms with Crippen molar-refractivity contribution < 1.29 is 29.6 Å². The van der Waals surface area contributed by atoms with Crippen LogP contribution in [0.1, 0.15) is 45.9 Å². The van der Waals surface area contributed by atoms with E-state index in [1.165, 1.54) is 6.20 Å². The molecule has 0 spiro atoms. The molecule has 0 bridgehead atoms. The fourth-order valence-electron chi connectivity index (χ4n) is 5.26. The van der Waals surface area contributed by atoms with Gasteiger partial charge in [0.05, 0.1) is 23.8 Å². The summed E-state index contributed by atoms with van der Waals surface area (Å²) >= 11 is 6.69. The Morgan fingerprint density at radius 3 is 2.65 bits per heavy atom. The molecule has 4 aromatic rings. The van der Waals surface area contributed by atoms with Crippen LogP contribution in [0.3, 0.4) is 0 Å². The molecule has 0 saturated heterocycles. The largest absolute Gasteiger partial charge is 0.488 e. The molecule has 43 heavy (non-hydrogen) atoms. The molecule has 0 saturated carbocycles. The number of rotatable bonds is 12. The number of hydrogen-bond donors (Lipinski definition) is 4. The molecule has 1 aliphatic rings. The quantitative estimate of drug-likeness (QED) is 0.178. The Labute approximate surface area is 253 Å². The van der Waals surface area contributed by atoms with Crippen LogP contribution in [-0.2, 0) is 31.0 Å². The minimum atomic E-state index is -1.18. The summed E-state index contributed by atoms with van der Waals surface area (Å²) in [6, 6.07) is 19.8. The monoisotopic (exact) mass is 599 g/mol. The number of hydrogen-bond acceptors (Lipinski definition) is 8. The van der Waals surface area contributed by atoms with Crippen molar-refractivity contribution in [1.82, 2.24) is 10.3 Å². The van der Waals surface area contributed by atoms with Crippen molar-refractivity contribution in [2.24, 2.45) is 0 Å². The fraction of sp³-hybridized carbons (Fsp3) is 0.242. The number of nitrogens with zero attached hydrogens (tertiary/aromatic N) is 2. The number of carboxylic acid groups (broad SMARTS) is 1. The number of pyridine rings is 1. The van der Waals surface area contributed by atoms with Crippen molar-refractivity contribution in [3.63, 3.8) is 0 Å². The molecule has 1 unspecified atom stereocenters. The summed E-state index contributed by atoms with van der Waals surface area (Å²) in [4.78, 5) is 15.5. The van der Waals surface area contributed by atoms with Crippen LogP contribution in [0.5, 0.6) is 11.5 Å². The summed E-state index contributed by atoms with van der Waals surface area (Å²) in [6.07, 6.45) is 4.31. The average Bonchev–Trinajstić information content (AvgIpc) is 3.44. The van der Waals surface area contributed by atoms with Gasteiger partial charge >= 0.3 is 5.97 Å². The highest BCUT2D eigenvalue weighted by molar-refractivity contribution is 6.32. The molecule has 0 fully saturated rings. The van der Waals surface area contributed by atoms with E-state index in [1.807, 2.05) is 36.4 Å². The fourth-order valence-corrected chi connectivity index (χ4v) is 5.49. The van der Waals surface area contributed by atoms with Gasteiger partial charge in [-0.05, 0) is 52.8 Å². The van der Waals surface area contributed by atoms with Gasteiger partial charge in [0.15, 0.2) is 0 Å². The van der Waals surface area contributed by atoms with Gasteiger partial charge in [-0.1, -0.05) is 54.1 Å². The highest BCUT2D eigenvalue weighted by Gasteiger charge is 2.28. The van der Waals surface area contributed by atoms with Gasteiger partial charge in [-0.25, -0.2) is 0 Å². The summed E-state index contributed by atoms with van der Waals surface area (Å²) in [7, 11) is 0. The number of carboxylic acids is 1. The summed E-state index contributed by atoms with van der Waals surface area (Å²) in [5, 5.41) is 41.0. The molecule has 1 aliphatic carbocycles. The number of aliphatic hydroxyl groups is 2. The van der Waals surface area contributed by atoms with E-state index in [1.54, 1.807) is 24.4 Å². The summed E-state index contributed by atoms with van der Waals surface area (Å²) in [5.41, 5.74) is 6.76. The van der Waals surface area contributed by atoms with Gasteiger partial charge in [0.1, 0.15) is 36.3 Å². The second-order valence-corrected chi connectivity index (χ2v) is 10.6. The maximum Gasteiger partial charge on any atom is 0.323 e. The maximum absolute atomic E-state index is 11.4. The molecule has 0 aliphatic heterocycles. The van der Waals surface area contributed by atoms with E-state index >= 15 is 0 Å². The number of ether oxygens (including phenoxy) is 2. The van der Waals surface area contributed by atoms with Crippen LogP contribution in [0, 0.1) is 11.3 Å². The second kappa shape index (κ2) is 13.7. The van der Waals surface area contributed by atoms with Crippen LogP contribution in [0.25, 0.3) is 11.1 Å². The molecule has 4 N–H and O–H groups in total. The van der Waals surface area contributed by atoms with Crippen molar-refractivity contribution in [2.45, 2.75) is 44.7 Å². The Bertz CT molecular complexity index is 1670. The number of aromatic nitrogens is 1. The van der Waals surface area contributed by atoms with Crippen molar-refractivity contribution in [3.05, 3.63) is 111 Å². The lowest BCUT2D eigenvalue weighted by Crippen LogP contribution is -2.39. The van der Waals surface area contributed by atoms with Crippen LogP contribution < -0.4 is 14.8 Å². The van der Waals surface area contributed by atoms with Gasteiger partial charge in [0.2, 0.25) is 0 Å². The number of aliphatic hydroxyl groups excluding tert-OH is 2. The Balaban J connectivity index is 1.43. The third kappa shape index (κ3) is 6.79. The van der Waals surface area contributed by atoms with Gasteiger partial charge in [0.25, 0.3) is 0 Å². The van der Waals surface area contributed by atoms with E-state index in [0.717, 1.165) is 40.7 Å². The number of nitriles is 1. The number of aliphatic carboxylic acids is 1.